The molecule has 0 bridgehead atoms. The fourth-order valence-corrected chi connectivity index (χ4v) is 1.62. The van der Waals surface area contributed by atoms with E-state index in [0.29, 0.717) is 0 Å². The molecule has 8 heteroatoms. The van der Waals surface area contributed by atoms with Crippen LogP contribution in [0.4, 0.5) is 0 Å². The van der Waals surface area contributed by atoms with Crippen molar-refractivity contribution in [3.63, 3.8) is 0 Å². The number of carbonyl (C=O) groups excluding carboxylic acids is 1. The van der Waals surface area contributed by atoms with E-state index < -0.39 is 39.7 Å². The Hall–Kier alpha value is -1.15. The summed E-state index contributed by atoms with van der Waals surface area (Å²) in [6.07, 6.45) is -0.544. The number of hydrogen-bond acceptors (Lipinski definition) is 5. The Bertz CT molecular complexity index is 361. The van der Waals surface area contributed by atoms with Crippen LogP contribution in [0.15, 0.2) is 0 Å². The Morgan fingerprint density at radius 2 is 1.88 bits per heavy atom. The first-order chi connectivity index (χ1) is 7.20. The Labute approximate surface area is 93.8 Å². The van der Waals surface area contributed by atoms with Crippen molar-refractivity contribution in [3.8, 4) is 0 Å². The number of esters is 1. The van der Waals surface area contributed by atoms with Gasteiger partial charge in [0.2, 0.25) is 10.0 Å². The van der Waals surface area contributed by atoms with Gasteiger partial charge in [0.05, 0.1) is 18.8 Å². The number of carboxylic acids is 1. The van der Waals surface area contributed by atoms with Gasteiger partial charge in [-0.3, -0.25) is 9.59 Å². The van der Waals surface area contributed by atoms with Crippen molar-refractivity contribution in [2.75, 3.05) is 7.11 Å². The van der Waals surface area contributed by atoms with Crippen LogP contribution in [0.1, 0.15) is 20.3 Å². The molecule has 0 saturated carbocycles. The minimum Gasteiger partial charge on any atom is -0.480 e. The molecular weight excluding hydrogens is 238 g/mol. The normalized spacial score (nSPS) is 13.5. The van der Waals surface area contributed by atoms with Gasteiger partial charge >= 0.3 is 11.9 Å². The number of carbonyl (C=O) groups is 2. The smallest absolute Gasteiger partial charge is 0.322 e. The van der Waals surface area contributed by atoms with Gasteiger partial charge in [-0.05, 0) is 13.8 Å². The molecule has 0 aliphatic heterocycles. The molecule has 0 aromatic rings. The minimum absolute atomic E-state index is 0.544. The Balaban J connectivity index is 4.72. The molecule has 0 aliphatic rings. The summed E-state index contributed by atoms with van der Waals surface area (Å²) in [6.45, 7) is 2.80. The monoisotopic (exact) mass is 253 g/mol. The van der Waals surface area contributed by atoms with Crippen molar-refractivity contribution in [3.05, 3.63) is 0 Å². The van der Waals surface area contributed by atoms with Gasteiger partial charge in [-0.25, -0.2) is 13.1 Å². The van der Waals surface area contributed by atoms with E-state index in [1.165, 1.54) is 13.8 Å². The van der Waals surface area contributed by atoms with Gasteiger partial charge in [-0.15, -0.1) is 0 Å². The second-order valence-corrected chi connectivity index (χ2v) is 5.65. The van der Waals surface area contributed by atoms with Crippen LogP contribution in [0.5, 0.6) is 0 Å². The first-order valence-corrected chi connectivity index (χ1v) is 6.06. The van der Waals surface area contributed by atoms with E-state index in [-0.39, 0.29) is 0 Å². The number of hydrogen-bond donors (Lipinski definition) is 2. The number of nitrogens with one attached hydrogen (secondary N) is 1. The van der Waals surface area contributed by atoms with Gasteiger partial charge < -0.3 is 9.84 Å². The summed E-state index contributed by atoms with van der Waals surface area (Å²) in [6, 6.07) is -1.50. The molecule has 7 nitrogen and oxygen atoms in total. The zero-order valence-corrected chi connectivity index (χ0v) is 10.1. The summed E-state index contributed by atoms with van der Waals surface area (Å²) in [4.78, 5) is 21.6. The van der Waals surface area contributed by atoms with E-state index in [1.54, 1.807) is 0 Å². The van der Waals surface area contributed by atoms with Gasteiger partial charge in [0.1, 0.15) is 6.04 Å². The van der Waals surface area contributed by atoms with Crippen LogP contribution in [0, 0.1) is 0 Å². The van der Waals surface area contributed by atoms with Crippen molar-refractivity contribution >= 4 is 22.0 Å². The second kappa shape index (κ2) is 5.80. The topological polar surface area (TPSA) is 110 Å². The van der Waals surface area contributed by atoms with Crippen LogP contribution in [-0.4, -0.2) is 43.9 Å². The zero-order valence-electron chi connectivity index (χ0n) is 9.26. The lowest BCUT2D eigenvalue weighted by molar-refractivity contribution is -0.147. The average molecular weight is 253 g/mol. The largest absolute Gasteiger partial charge is 0.480 e. The maximum Gasteiger partial charge on any atom is 0.322 e. The molecule has 0 spiro atoms. The minimum atomic E-state index is -3.73. The van der Waals surface area contributed by atoms with Crippen LogP contribution in [0.25, 0.3) is 0 Å². The highest BCUT2D eigenvalue weighted by Crippen LogP contribution is 2.02. The van der Waals surface area contributed by atoms with Crippen molar-refractivity contribution in [2.24, 2.45) is 0 Å². The molecule has 0 fully saturated rings. The molecule has 0 aliphatic carbocycles. The molecule has 0 radical (unpaired) electrons. The van der Waals surface area contributed by atoms with Gasteiger partial charge in [-0.1, -0.05) is 0 Å². The van der Waals surface area contributed by atoms with Crippen LogP contribution >= 0.6 is 0 Å². The van der Waals surface area contributed by atoms with E-state index in [1.807, 2.05) is 4.72 Å². The van der Waals surface area contributed by atoms with Crippen LogP contribution in [0.3, 0.4) is 0 Å². The zero-order chi connectivity index (χ0) is 12.9. The molecule has 2 N–H and O–H groups in total. The summed E-state index contributed by atoms with van der Waals surface area (Å²) < 4.78 is 29.0. The summed E-state index contributed by atoms with van der Waals surface area (Å²) >= 11 is 0. The highest BCUT2D eigenvalue weighted by atomic mass is 32.2. The SMILES string of the molecule is COC(=O)C[C@H](NS(=O)(=O)C(C)C)C(=O)O. The maximum absolute atomic E-state index is 11.4. The van der Waals surface area contributed by atoms with Crippen LogP contribution in [-0.2, 0) is 24.3 Å². The molecule has 0 saturated heterocycles. The van der Waals surface area contributed by atoms with E-state index in [0.717, 1.165) is 7.11 Å². The first kappa shape index (κ1) is 14.8. The van der Waals surface area contributed by atoms with Gasteiger partial charge in [-0.2, -0.15) is 0 Å². The quantitative estimate of drug-likeness (QED) is 0.607. The predicted octanol–water partition coefficient (Wildman–Crippen LogP) is -0.669. The van der Waals surface area contributed by atoms with Gasteiger partial charge in [0.25, 0.3) is 0 Å². The van der Waals surface area contributed by atoms with Gasteiger partial charge in [0.15, 0.2) is 0 Å². The van der Waals surface area contributed by atoms with Crippen molar-refractivity contribution in [1.29, 1.82) is 0 Å². The molecule has 0 aromatic heterocycles. The molecule has 1 atom stereocenters. The molecule has 94 valence electrons. The predicted molar refractivity (Wildman–Crippen MR) is 55.2 cm³/mol. The average Bonchev–Trinajstić information content (AvgIpc) is 2.15. The third-order valence-corrected chi connectivity index (χ3v) is 3.68. The van der Waals surface area contributed by atoms with Crippen molar-refractivity contribution in [1.82, 2.24) is 4.72 Å². The van der Waals surface area contributed by atoms with E-state index in [4.69, 9.17) is 5.11 Å². The molecular formula is C8H15NO6S. The van der Waals surface area contributed by atoms with Gasteiger partial charge in [0, 0.05) is 0 Å². The fourth-order valence-electron chi connectivity index (χ4n) is 0.764. The molecule has 0 unspecified atom stereocenters. The fraction of sp³-hybridized carbons (Fsp3) is 0.750. The van der Waals surface area contributed by atoms with E-state index in [9.17, 15) is 18.0 Å². The lowest BCUT2D eigenvalue weighted by Crippen LogP contribution is -2.45. The number of ether oxygens (including phenoxy) is 1. The highest BCUT2D eigenvalue weighted by Gasteiger charge is 2.28. The summed E-state index contributed by atoms with van der Waals surface area (Å²) in [7, 11) is -2.64. The lowest BCUT2D eigenvalue weighted by Gasteiger charge is -2.15. The third kappa shape index (κ3) is 4.58. The highest BCUT2D eigenvalue weighted by molar-refractivity contribution is 7.90. The lowest BCUT2D eigenvalue weighted by atomic mass is 10.2. The molecule has 16 heavy (non-hydrogen) atoms. The van der Waals surface area contributed by atoms with Crippen LogP contribution < -0.4 is 4.72 Å². The van der Waals surface area contributed by atoms with Crippen LogP contribution in [0.2, 0.25) is 0 Å². The molecule has 0 amide bonds. The van der Waals surface area contributed by atoms with Crippen molar-refractivity contribution in [2.45, 2.75) is 31.6 Å². The first-order valence-electron chi connectivity index (χ1n) is 4.51. The molecule has 0 heterocycles. The number of carboxylic acid groups (broad SMARTS) is 1. The number of methoxy groups -OCH3 is 1. The Morgan fingerprint density at radius 1 is 1.38 bits per heavy atom. The van der Waals surface area contributed by atoms with E-state index in [2.05, 4.69) is 4.74 Å². The van der Waals surface area contributed by atoms with E-state index >= 15 is 0 Å². The Morgan fingerprint density at radius 3 is 2.19 bits per heavy atom. The Kier molecular flexibility index (Phi) is 5.39. The second-order valence-electron chi connectivity index (χ2n) is 3.38. The number of rotatable bonds is 6. The summed E-state index contributed by atoms with van der Waals surface area (Å²) in [5.74, 6) is -2.21. The molecule has 0 aromatic carbocycles. The van der Waals surface area contributed by atoms with Crippen molar-refractivity contribution < 1.29 is 27.9 Å². The summed E-state index contributed by atoms with van der Waals surface area (Å²) in [5.41, 5.74) is 0. The standard InChI is InChI=1S/C8H15NO6S/c1-5(2)16(13,14)9-6(8(11)12)4-7(10)15-3/h5-6,9H,4H2,1-3H3,(H,11,12)/t6-/m0/s1. The third-order valence-electron chi connectivity index (χ3n) is 1.82. The molecule has 0 rings (SSSR count). The number of aliphatic carboxylic acids is 1. The maximum atomic E-state index is 11.4. The summed E-state index contributed by atoms with van der Waals surface area (Å²) in [5, 5.41) is 7.96. The number of sulfonamides is 1.